The summed E-state index contributed by atoms with van der Waals surface area (Å²) in [6.45, 7) is 6.07. The summed E-state index contributed by atoms with van der Waals surface area (Å²) in [7, 11) is 1.91. The number of aliphatic imine (C=N–C) groups is 1. The minimum Gasteiger partial charge on any atom is -0.379 e. The largest absolute Gasteiger partial charge is 0.379 e. The van der Waals surface area contributed by atoms with Crippen molar-refractivity contribution in [3.05, 3.63) is 0 Å². The Bertz CT molecular complexity index is 478. The Hall–Kier alpha value is -0.0800. The average molecular weight is 476 g/mol. The van der Waals surface area contributed by atoms with Crippen LogP contribution in [0, 0.1) is 11.3 Å². The van der Waals surface area contributed by atoms with Gasteiger partial charge >= 0.3 is 0 Å². The van der Waals surface area contributed by atoms with E-state index >= 15 is 0 Å². The summed E-state index contributed by atoms with van der Waals surface area (Å²) in [4.78, 5) is 7.21. The first kappa shape index (κ1) is 20.6. The molecule has 3 saturated carbocycles. The fraction of sp³-hybridized carbons (Fsp3) is 0.950. The van der Waals surface area contributed by atoms with Crippen molar-refractivity contribution in [3.63, 3.8) is 0 Å². The van der Waals surface area contributed by atoms with Gasteiger partial charge in [0.05, 0.1) is 13.2 Å². The molecule has 0 amide bonds. The minimum atomic E-state index is 0. The predicted molar refractivity (Wildman–Crippen MR) is 117 cm³/mol. The number of hydrogen-bond donors (Lipinski definition) is 2. The fourth-order valence-electron chi connectivity index (χ4n) is 5.17. The Morgan fingerprint density at radius 1 is 1.00 bits per heavy atom. The third kappa shape index (κ3) is 4.66. The van der Waals surface area contributed by atoms with Gasteiger partial charge < -0.3 is 15.4 Å². The summed E-state index contributed by atoms with van der Waals surface area (Å²) in [5, 5.41) is 7.34. The van der Waals surface area contributed by atoms with Crippen molar-refractivity contribution in [2.75, 3.05) is 46.4 Å². The zero-order valence-corrected chi connectivity index (χ0v) is 18.7. The first-order valence-corrected chi connectivity index (χ1v) is 10.5. The van der Waals surface area contributed by atoms with Crippen molar-refractivity contribution in [1.29, 1.82) is 0 Å². The van der Waals surface area contributed by atoms with E-state index in [0.29, 0.717) is 11.0 Å². The van der Waals surface area contributed by atoms with Crippen LogP contribution < -0.4 is 10.6 Å². The number of ether oxygens (including phenoxy) is 1. The highest BCUT2D eigenvalue weighted by Gasteiger charge is 2.53. The van der Waals surface area contributed by atoms with E-state index in [-0.39, 0.29) is 24.0 Å². The zero-order chi connectivity index (χ0) is 17.2. The maximum Gasteiger partial charge on any atom is 0.191 e. The molecule has 1 heterocycles. The summed E-state index contributed by atoms with van der Waals surface area (Å²) in [6, 6.07) is 0. The highest BCUT2D eigenvalue weighted by atomic mass is 127. The molecular weight excluding hydrogens is 439 g/mol. The maximum atomic E-state index is 5.60. The van der Waals surface area contributed by atoms with Gasteiger partial charge in [-0.15, -0.1) is 24.0 Å². The Labute approximate surface area is 176 Å². The van der Waals surface area contributed by atoms with E-state index in [2.05, 4.69) is 20.5 Å². The molecule has 0 atom stereocenters. The van der Waals surface area contributed by atoms with Crippen molar-refractivity contribution < 1.29 is 4.74 Å². The molecule has 0 aromatic carbocycles. The van der Waals surface area contributed by atoms with E-state index in [9.17, 15) is 0 Å². The van der Waals surface area contributed by atoms with Crippen LogP contribution in [0.5, 0.6) is 0 Å². The van der Waals surface area contributed by atoms with E-state index in [0.717, 1.165) is 51.3 Å². The van der Waals surface area contributed by atoms with Gasteiger partial charge in [0.15, 0.2) is 5.96 Å². The second kappa shape index (κ2) is 8.95. The maximum absolute atomic E-state index is 5.60. The number of morpholine rings is 1. The molecule has 1 aliphatic heterocycles. The lowest BCUT2D eigenvalue weighted by Gasteiger charge is -2.48. The Morgan fingerprint density at radius 2 is 1.65 bits per heavy atom. The number of nitrogens with zero attached hydrogens (tertiary/aromatic N) is 2. The predicted octanol–water partition coefficient (Wildman–Crippen LogP) is 2.99. The summed E-state index contributed by atoms with van der Waals surface area (Å²) in [5.41, 5.74) is 0.914. The molecule has 26 heavy (non-hydrogen) atoms. The van der Waals surface area contributed by atoms with Gasteiger partial charge in [0.1, 0.15) is 0 Å². The first-order valence-electron chi connectivity index (χ1n) is 10.5. The molecule has 4 rings (SSSR count). The third-order valence-corrected chi connectivity index (χ3v) is 7.22. The highest BCUT2D eigenvalue weighted by molar-refractivity contribution is 14.0. The third-order valence-electron chi connectivity index (χ3n) is 7.22. The Morgan fingerprint density at radius 3 is 2.23 bits per heavy atom. The van der Waals surface area contributed by atoms with Crippen molar-refractivity contribution in [1.82, 2.24) is 15.5 Å². The number of halogens is 1. The lowest BCUT2D eigenvalue weighted by Crippen LogP contribution is -2.60. The van der Waals surface area contributed by atoms with Gasteiger partial charge in [-0.2, -0.15) is 0 Å². The van der Waals surface area contributed by atoms with Crippen LogP contribution in [0.4, 0.5) is 0 Å². The van der Waals surface area contributed by atoms with Crippen LogP contribution in [0.15, 0.2) is 4.99 Å². The molecular formula is C20H37IN4O. The molecule has 2 N–H and O–H groups in total. The SMILES string of the molecule is CN=C(NCC1(C2CC2)CC1)NCC1(N2CCOCC2)CCCCC1.I. The van der Waals surface area contributed by atoms with Gasteiger partial charge in [0.2, 0.25) is 0 Å². The topological polar surface area (TPSA) is 48.9 Å². The van der Waals surface area contributed by atoms with E-state index in [4.69, 9.17) is 4.74 Å². The lowest BCUT2D eigenvalue weighted by atomic mass is 9.80. The first-order chi connectivity index (χ1) is 12.3. The highest BCUT2D eigenvalue weighted by Crippen LogP contribution is 2.60. The summed E-state index contributed by atoms with van der Waals surface area (Å²) in [5.74, 6) is 2.00. The van der Waals surface area contributed by atoms with E-state index in [1.165, 1.54) is 57.8 Å². The Kier molecular flexibility index (Phi) is 7.11. The van der Waals surface area contributed by atoms with Gasteiger partial charge in [-0.25, -0.2) is 0 Å². The molecule has 1 saturated heterocycles. The van der Waals surface area contributed by atoms with Gasteiger partial charge in [-0.3, -0.25) is 9.89 Å². The van der Waals surface area contributed by atoms with Crippen LogP contribution in [0.3, 0.4) is 0 Å². The molecule has 0 radical (unpaired) electrons. The molecule has 4 aliphatic rings. The van der Waals surface area contributed by atoms with Crippen LogP contribution in [-0.2, 0) is 4.74 Å². The van der Waals surface area contributed by atoms with Crippen molar-refractivity contribution in [2.45, 2.75) is 63.3 Å². The molecule has 3 aliphatic carbocycles. The van der Waals surface area contributed by atoms with Gasteiger partial charge in [-0.1, -0.05) is 19.3 Å². The number of hydrogen-bond acceptors (Lipinski definition) is 3. The molecule has 150 valence electrons. The average Bonchev–Trinajstić information content (AvgIpc) is 3.57. The molecule has 0 bridgehead atoms. The monoisotopic (exact) mass is 476 g/mol. The van der Waals surface area contributed by atoms with Crippen LogP contribution in [0.2, 0.25) is 0 Å². The molecule has 0 unspecified atom stereocenters. The molecule has 0 aromatic heterocycles. The van der Waals surface area contributed by atoms with Crippen LogP contribution in [-0.4, -0.2) is 62.8 Å². The van der Waals surface area contributed by atoms with E-state index in [1.807, 2.05) is 7.05 Å². The van der Waals surface area contributed by atoms with Crippen LogP contribution in [0.1, 0.15) is 57.8 Å². The quantitative estimate of drug-likeness (QED) is 0.352. The van der Waals surface area contributed by atoms with Gasteiger partial charge in [0.25, 0.3) is 0 Å². The summed E-state index contributed by atoms with van der Waals surface area (Å²) >= 11 is 0. The molecule has 4 fully saturated rings. The smallest absolute Gasteiger partial charge is 0.191 e. The van der Waals surface area contributed by atoms with Gasteiger partial charge in [-0.05, 0) is 49.9 Å². The second-order valence-electron chi connectivity index (χ2n) is 8.80. The van der Waals surface area contributed by atoms with Gasteiger partial charge in [0, 0.05) is 38.8 Å². The summed E-state index contributed by atoms with van der Waals surface area (Å²) in [6.07, 6.45) is 12.5. The standard InChI is InChI=1S/C20H36N4O.HI/c1-21-18(22-15-19(9-10-19)17-5-6-17)23-16-20(7-3-2-4-8-20)24-11-13-25-14-12-24;/h17H,2-16H2,1H3,(H2,21,22,23);1H. The summed E-state index contributed by atoms with van der Waals surface area (Å²) < 4.78 is 5.60. The zero-order valence-electron chi connectivity index (χ0n) is 16.4. The van der Waals surface area contributed by atoms with E-state index in [1.54, 1.807) is 0 Å². The number of nitrogens with one attached hydrogen (secondary N) is 2. The number of guanidine groups is 1. The molecule has 0 spiro atoms. The normalized spacial score (nSPS) is 28.1. The molecule has 6 heteroatoms. The minimum absolute atomic E-state index is 0. The Balaban J connectivity index is 0.00000196. The fourth-order valence-corrected chi connectivity index (χ4v) is 5.17. The molecule has 0 aromatic rings. The number of rotatable bonds is 6. The second-order valence-corrected chi connectivity index (χ2v) is 8.80. The van der Waals surface area contributed by atoms with Crippen molar-refractivity contribution >= 4 is 29.9 Å². The van der Waals surface area contributed by atoms with E-state index < -0.39 is 0 Å². The van der Waals surface area contributed by atoms with Crippen molar-refractivity contribution in [3.8, 4) is 0 Å². The van der Waals surface area contributed by atoms with Crippen molar-refractivity contribution in [2.24, 2.45) is 16.3 Å². The van der Waals surface area contributed by atoms with Crippen LogP contribution in [0.25, 0.3) is 0 Å². The molecule has 5 nitrogen and oxygen atoms in total. The van der Waals surface area contributed by atoms with Crippen LogP contribution >= 0.6 is 24.0 Å². The lowest BCUT2D eigenvalue weighted by molar-refractivity contribution is -0.0352.